The Bertz CT molecular complexity index is 2700. The Labute approximate surface area is 266 Å². The predicted molar refractivity (Wildman–Crippen MR) is 188 cm³/mol. The van der Waals surface area contributed by atoms with E-state index in [0.29, 0.717) is 32.7 Å². The lowest BCUT2D eigenvalue weighted by molar-refractivity contribution is -0.381. The molecule has 0 unspecified atom stereocenters. The van der Waals surface area contributed by atoms with Crippen LogP contribution in [0.1, 0.15) is 0 Å². The molecule has 0 saturated heterocycles. The normalized spacial score (nSPS) is 11.7. The van der Waals surface area contributed by atoms with Gasteiger partial charge >= 0.3 is 0 Å². The van der Waals surface area contributed by atoms with Crippen molar-refractivity contribution >= 4 is 76.4 Å². The molecule has 0 radical (unpaired) electrons. The minimum absolute atomic E-state index is 0.0939. The molecule has 222 valence electrons. The molecule has 0 bridgehead atoms. The standard InChI is InChI=1S/C40H22N2O5/c43-41(44)39-28-14-5-1-10-24(28)36(25-11-2-6-15-29(25)39)23-20-21-32-35(22-23)47-34-19-9-18-33(38(32)34)37-26-12-3-7-16-30(26)40(42(45)46)31-17-8-4-13-27(31)37/h1-22H. The van der Waals surface area contributed by atoms with Crippen LogP contribution in [0.2, 0.25) is 0 Å². The van der Waals surface area contributed by atoms with E-state index in [1.54, 1.807) is 12.1 Å². The number of rotatable bonds is 4. The Morgan fingerprint density at radius 3 is 1.34 bits per heavy atom. The molecule has 0 spiro atoms. The summed E-state index contributed by atoms with van der Waals surface area (Å²) in [5.74, 6) is 0. The van der Waals surface area contributed by atoms with Gasteiger partial charge in [-0.3, -0.25) is 20.2 Å². The smallest absolute Gasteiger partial charge is 0.284 e. The van der Waals surface area contributed by atoms with E-state index in [-0.39, 0.29) is 21.2 Å². The molecule has 7 heteroatoms. The Balaban J connectivity index is 1.36. The van der Waals surface area contributed by atoms with Crippen LogP contribution in [0.4, 0.5) is 11.4 Å². The minimum Gasteiger partial charge on any atom is -0.456 e. The molecular weight excluding hydrogens is 588 g/mol. The molecular formula is C40H22N2O5. The van der Waals surface area contributed by atoms with E-state index in [0.717, 1.165) is 54.6 Å². The average molecular weight is 611 g/mol. The zero-order chi connectivity index (χ0) is 31.8. The SMILES string of the molecule is O=[N+]([O-])c1c2ccccc2c(-c2ccc3c(c2)oc2cccc(-c4c5ccccc5c([N+](=O)[O-])c5ccccc45)c23)c2ccccc12. The van der Waals surface area contributed by atoms with E-state index in [1.807, 2.05) is 121 Å². The summed E-state index contributed by atoms with van der Waals surface area (Å²) in [7, 11) is 0. The third-order valence-electron chi connectivity index (χ3n) is 9.23. The molecule has 0 saturated carbocycles. The second kappa shape index (κ2) is 9.95. The minimum atomic E-state index is -0.302. The van der Waals surface area contributed by atoms with Gasteiger partial charge in [-0.25, -0.2) is 0 Å². The number of non-ortho nitro benzene ring substituents is 2. The monoisotopic (exact) mass is 610 g/mol. The summed E-state index contributed by atoms with van der Waals surface area (Å²) in [5, 5.41) is 31.9. The Kier molecular flexibility index (Phi) is 5.67. The first-order chi connectivity index (χ1) is 23.0. The number of furan rings is 1. The summed E-state index contributed by atoms with van der Waals surface area (Å²) >= 11 is 0. The quantitative estimate of drug-likeness (QED) is 0.112. The fraction of sp³-hybridized carbons (Fsp3) is 0. The van der Waals surface area contributed by atoms with Crippen molar-refractivity contribution in [1.82, 2.24) is 0 Å². The van der Waals surface area contributed by atoms with Crippen molar-refractivity contribution < 1.29 is 14.3 Å². The first kappa shape index (κ1) is 26.8. The fourth-order valence-corrected chi connectivity index (χ4v) is 7.39. The van der Waals surface area contributed by atoms with Crippen molar-refractivity contribution in [1.29, 1.82) is 0 Å². The molecule has 1 heterocycles. The summed E-state index contributed by atoms with van der Waals surface area (Å²) in [5.41, 5.74) is 5.16. The fourth-order valence-electron chi connectivity index (χ4n) is 7.39. The number of nitro groups is 2. The largest absolute Gasteiger partial charge is 0.456 e. The molecule has 8 aromatic carbocycles. The highest BCUT2D eigenvalue weighted by atomic mass is 16.6. The Morgan fingerprint density at radius 2 is 0.872 bits per heavy atom. The molecule has 0 atom stereocenters. The highest BCUT2D eigenvalue weighted by molar-refractivity contribution is 6.25. The third kappa shape index (κ3) is 3.80. The number of hydrogen-bond acceptors (Lipinski definition) is 5. The lowest BCUT2D eigenvalue weighted by Gasteiger charge is -2.14. The topological polar surface area (TPSA) is 99.4 Å². The van der Waals surface area contributed by atoms with Gasteiger partial charge < -0.3 is 4.42 Å². The maximum absolute atomic E-state index is 12.3. The van der Waals surface area contributed by atoms with Gasteiger partial charge in [-0.2, -0.15) is 0 Å². The van der Waals surface area contributed by atoms with Crippen LogP contribution >= 0.6 is 0 Å². The van der Waals surface area contributed by atoms with E-state index >= 15 is 0 Å². The van der Waals surface area contributed by atoms with Crippen LogP contribution in [0.25, 0.3) is 87.3 Å². The van der Waals surface area contributed by atoms with Gasteiger partial charge in [-0.05, 0) is 86.3 Å². The molecule has 0 aliphatic carbocycles. The summed E-state index contributed by atoms with van der Waals surface area (Å²) in [4.78, 5) is 24.0. The van der Waals surface area contributed by atoms with E-state index in [1.165, 1.54) is 0 Å². The Hall–Kier alpha value is -6.60. The lowest BCUT2D eigenvalue weighted by atomic mass is 9.88. The van der Waals surface area contributed by atoms with Crippen molar-refractivity contribution in [2.75, 3.05) is 0 Å². The van der Waals surface area contributed by atoms with E-state index < -0.39 is 0 Å². The number of nitrogens with zero attached hydrogens (tertiary/aromatic N) is 2. The van der Waals surface area contributed by atoms with Gasteiger partial charge in [-0.1, -0.05) is 91.0 Å². The van der Waals surface area contributed by atoms with E-state index in [9.17, 15) is 20.2 Å². The Morgan fingerprint density at radius 1 is 0.426 bits per heavy atom. The second-order valence-electron chi connectivity index (χ2n) is 11.6. The first-order valence-corrected chi connectivity index (χ1v) is 15.1. The highest BCUT2D eigenvalue weighted by Crippen LogP contribution is 2.48. The zero-order valence-electron chi connectivity index (χ0n) is 24.6. The first-order valence-electron chi connectivity index (χ1n) is 15.1. The summed E-state index contributed by atoms with van der Waals surface area (Å²) in [6.07, 6.45) is 0. The number of fused-ring (bicyclic) bond motifs is 7. The number of hydrogen-bond donors (Lipinski definition) is 0. The molecule has 7 nitrogen and oxygen atoms in total. The van der Waals surface area contributed by atoms with Crippen LogP contribution in [0.5, 0.6) is 0 Å². The average Bonchev–Trinajstić information content (AvgIpc) is 3.47. The molecule has 0 fully saturated rings. The van der Waals surface area contributed by atoms with Crippen molar-refractivity contribution in [3.63, 3.8) is 0 Å². The van der Waals surface area contributed by atoms with Gasteiger partial charge in [0, 0.05) is 10.8 Å². The highest BCUT2D eigenvalue weighted by Gasteiger charge is 2.25. The van der Waals surface area contributed by atoms with Crippen LogP contribution in [0, 0.1) is 20.2 Å². The van der Waals surface area contributed by atoms with E-state index in [2.05, 4.69) is 0 Å². The lowest BCUT2D eigenvalue weighted by Crippen LogP contribution is -1.95. The zero-order valence-corrected chi connectivity index (χ0v) is 24.6. The van der Waals surface area contributed by atoms with Crippen molar-refractivity contribution in [2.24, 2.45) is 0 Å². The molecule has 1 aromatic heterocycles. The predicted octanol–water partition coefficient (Wildman–Crippen LogP) is 11.3. The van der Waals surface area contributed by atoms with Crippen LogP contribution in [0.3, 0.4) is 0 Å². The number of nitro benzene ring substituents is 2. The van der Waals surface area contributed by atoms with Gasteiger partial charge in [0.2, 0.25) is 0 Å². The van der Waals surface area contributed by atoms with Gasteiger partial charge in [0.1, 0.15) is 11.2 Å². The van der Waals surface area contributed by atoms with Gasteiger partial charge in [-0.15, -0.1) is 0 Å². The molecule has 9 rings (SSSR count). The van der Waals surface area contributed by atoms with Crippen molar-refractivity contribution in [3.8, 4) is 22.3 Å². The maximum atomic E-state index is 12.3. The summed E-state index contributed by atoms with van der Waals surface area (Å²) in [6.45, 7) is 0. The second-order valence-corrected chi connectivity index (χ2v) is 11.6. The molecule has 0 aliphatic rings. The molecule has 47 heavy (non-hydrogen) atoms. The maximum Gasteiger partial charge on any atom is 0.284 e. The van der Waals surface area contributed by atoms with Gasteiger partial charge in [0.25, 0.3) is 11.4 Å². The number of benzene rings is 8. The molecule has 0 N–H and O–H groups in total. The van der Waals surface area contributed by atoms with Crippen LogP contribution < -0.4 is 0 Å². The van der Waals surface area contributed by atoms with Crippen molar-refractivity contribution in [3.05, 3.63) is 154 Å². The van der Waals surface area contributed by atoms with Crippen LogP contribution in [0.15, 0.2) is 138 Å². The molecule has 9 aromatic rings. The summed E-state index contributed by atoms with van der Waals surface area (Å²) < 4.78 is 6.53. The third-order valence-corrected chi connectivity index (χ3v) is 9.23. The van der Waals surface area contributed by atoms with Crippen molar-refractivity contribution in [2.45, 2.75) is 0 Å². The van der Waals surface area contributed by atoms with Crippen LogP contribution in [-0.4, -0.2) is 9.85 Å². The van der Waals surface area contributed by atoms with Gasteiger partial charge in [0.15, 0.2) is 0 Å². The molecule has 0 amide bonds. The van der Waals surface area contributed by atoms with Gasteiger partial charge in [0.05, 0.1) is 31.4 Å². The molecule has 0 aliphatic heterocycles. The van der Waals surface area contributed by atoms with Crippen LogP contribution in [-0.2, 0) is 0 Å². The summed E-state index contributed by atoms with van der Waals surface area (Å²) in [6, 6.07) is 41.9. The van der Waals surface area contributed by atoms with E-state index in [4.69, 9.17) is 4.42 Å².